The van der Waals surface area contributed by atoms with Crippen LogP contribution >= 0.6 is 11.6 Å². The Morgan fingerprint density at radius 3 is 2.58 bits per heavy atom. The van der Waals surface area contributed by atoms with Crippen molar-refractivity contribution in [1.29, 1.82) is 0 Å². The summed E-state index contributed by atoms with van der Waals surface area (Å²) < 4.78 is 38.5. The lowest BCUT2D eigenvalue weighted by Gasteiger charge is -2.06. The summed E-state index contributed by atoms with van der Waals surface area (Å²) in [7, 11) is 0. The van der Waals surface area contributed by atoms with E-state index in [0.717, 1.165) is 18.0 Å². The van der Waals surface area contributed by atoms with E-state index in [9.17, 15) is 13.2 Å². The number of halogens is 4. The van der Waals surface area contributed by atoms with Crippen LogP contribution in [0.4, 0.5) is 13.2 Å². The van der Waals surface area contributed by atoms with E-state index in [1.165, 1.54) is 4.68 Å². The van der Waals surface area contributed by atoms with Gasteiger partial charge in [0.25, 0.3) is 0 Å². The molecule has 0 aliphatic carbocycles. The second-order valence-electron chi connectivity index (χ2n) is 4.05. The fraction of sp³-hybridized carbons (Fsp3) is 0.250. The molecule has 0 saturated carbocycles. The van der Waals surface area contributed by atoms with Gasteiger partial charge in [-0.05, 0) is 17.2 Å². The number of benzene rings is 1. The van der Waals surface area contributed by atoms with Crippen molar-refractivity contribution in [3.05, 3.63) is 52.3 Å². The van der Waals surface area contributed by atoms with Crippen molar-refractivity contribution in [1.82, 2.24) is 9.78 Å². The van der Waals surface area contributed by atoms with E-state index < -0.39 is 11.7 Å². The molecule has 0 fully saturated rings. The monoisotopic (exact) mass is 289 g/mol. The summed E-state index contributed by atoms with van der Waals surface area (Å²) in [4.78, 5) is 0. The van der Waals surface area contributed by atoms with Gasteiger partial charge < -0.3 is 5.73 Å². The molecule has 19 heavy (non-hydrogen) atoms. The van der Waals surface area contributed by atoms with Crippen LogP contribution in [-0.2, 0) is 19.3 Å². The molecule has 1 aromatic carbocycles. The first-order valence-electron chi connectivity index (χ1n) is 5.47. The van der Waals surface area contributed by atoms with Crippen molar-refractivity contribution < 1.29 is 13.2 Å². The second kappa shape index (κ2) is 5.22. The van der Waals surface area contributed by atoms with Gasteiger partial charge in [-0.15, -0.1) is 0 Å². The molecule has 3 nitrogen and oxygen atoms in total. The molecule has 2 aromatic rings. The molecule has 0 spiro atoms. The van der Waals surface area contributed by atoms with E-state index in [0.29, 0.717) is 17.1 Å². The molecule has 102 valence electrons. The van der Waals surface area contributed by atoms with Crippen LogP contribution < -0.4 is 5.73 Å². The number of nitrogens with two attached hydrogens (primary N) is 1. The lowest BCUT2D eigenvalue weighted by Crippen LogP contribution is -2.04. The molecule has 7 heteroatoms. The molecule has 0 saturated heterocycles. The van der Waals surface area contributed by atoms with Crippen LogP contribution in [0.1, 0.15) is 16.7 Å². The molecule has 2 rings (SSSR count). The Kier molecular flexibility index (Phi) is 3.82. The summed E-state index contributed by atoms with van der Waals surface area (Å²) in [6, 6.07) is 5.22. The largest absolute Gasteiger partial charge is 0.419 e. The lowest BCUT2D eigenvalue weighted by atomic mass is 10.1. The Bertz CT molecular complexity index is 578. The second-order valence-corrected chi connectivity index (χ2v) is 4.46. The van der Waals surface area contributed by atoms with Gasteiger partial charge in [0.05, 0.1) is 18.3 Å². The first kappa shape index (κ1) is 13.9. The molecular formula is C12H11ClF3N3. The van der Waals surface area contributed by atoms with E-state index in [1.54, 1.807) is 18.2 Å². The van der Waals surface area contributed by atoms with Crippen molar-refractivity contribution in [2.75, 3.05) is 0 Å². The van der Waals surface area contributed by atoms with Gasteiger partial charge in [-0.2, -0.15) is 18.3 Å². The molecule has 0 atom stereocenters. The normalized spacial score (nSPS) is 11.8. The van der Waals surface area contributed by atoms with Crippen molar-refractivity contribution in [3.63, 3.8) is 0 Å². The average molecular weight is 290 g/mol. The minimum Gasteiger partial charge on any atom is -0.326 e. The Labute approximate surface area is 112 Å². The molecule has 0 aliphatic heterocycles. The van der Waals surface area contributed by atoms with E-state index in [1.807, 2.05) is 0 Å². The Morgan fingerprint density at radius 2 is 2.05 bits per heavy atom. The van der Waals surface area contributed by atoms with Crippen molar-refractivity contribution in [2.45, 2.75) is 19.3 Å². The zero-order valence-electron chi connectivity index (χ0n) is 9.78. The fourth-order valence-corrected chi connectivity index (χ4v) is 1.88. The molecule has 0 amide bonds. The van der Waals surface area contributed by atoms with E-state index in [-0.39, 0.29) is 6.54 Å². The third-order valence-corrected chi connectivity index (χ3v) is 3.00. The summed E-state index contributed by atoms with van der Waals surface area (Å²) in [6.45, 7) is 0.541. The summed E-state index contributed by atoms with van der Waals surface area (Å²) in [5.41, 5.74) is 6.25. The van der Waals surface area contributed by atoms with Crippen LogP contribution in [0.25, 0.3) is 0 Å². The highest BCUT2D eigenvalue weighted by molar-refractivity contribution is 6.31. The molecule has 1 aromatic heterocycles. The first-order valence-corrected chi connectivity index (χ1v) is 5.85. The number of hydrogen-bond acceptors (Lipinski definition) is 2. The SMILES string of the molecule is NCc1ccc(Cn2cc(C(F)(F)F)cn2)c(Cl)c1. The predicted octanol–water partition coefficient (Wildman–Crippen LogP) is 3.06. The summed E-state index contributed by atoms with van der Waals surface area (Å²) in [6.07, 6.45) is -2.64. The highest BCUT2D eigenvalue weighted by Gasteiger charge is 2.32. The van der Waals surface area contributed by atoms with Crippen molar-refractivity contribution in [3.8, 4) is 0 Å². The maximum Gasteiger partial charge on any atom is 0.419 e. The maximum absolute atomic E-state index is 12.4. The van der Waals surface area contributed by atoms with Crippen molar-refractivity contribution >= 4 is 11.6 Å². The highest BCUT2D eigenvalue weighted by atomic mass is 35.5. The van der Waals surface area contributed by atoms with Crippen LogP contribution in [0.15, 0.2) is 30.6 Å². The zero-order valence-corrected chi connectivity index (χ0v) is 10.5. The number of alkyl halides is 3. The first-order chi connectivity index (χ1) is 8.90. The van der Waals surface area contributed by atoms with Gasteiger partial charge in [-0.25, -0.2) is 0 Å². The molecular weight excluding hydrogens is 279 g/mol. The van der Waals surface area contributed by atoms with E-state index >= 15 is 0 Å². The van der Waals surface area contributed by atoms with Crippen LogP contribution in [0.2, 0.25) is 5.02 Å². The summed E-state index contributed by atoms with van der Waals surface area (Å²) in [5, 5.41) is 4.14. The van der Waals surface area contributed by atoms with Crippen molar-refractivity contribution in [2.24, 2.45) is 5.73 Å². The number of nitrogens with zero attached hydrogens (tertiary/aromatic N) is 2. The van der Waals surface area contributed by atoms with Gasteiger partial charge in [0.2, 0.25) is 0 Å². The molecule has 0 aliphatic rings. The lowest BCUT2D eigenvalue weighted by molar-refractivity contribution is -0.137. The van der Waals surface area contributed by atoms with Gasteiger partial charge in [-0.3, -0.25) is 4.68 Å². The standard InChI is InChI=1S/C12H11ClF3N3/c13-11-3-8(4-17)1-2-9(11)6-19-7-10(5-18-19)12(14,15)16/h1-3,5,7H,4,6,17H2. The summed E-state index contributed by atoms with van der Waals surface area (Å²) >= 11 is 6.04. The van der Waals surface area contributed by atoms with E-state index in [4.69, 9.17) is 17.3 Å². The van der Waals surface area contributed by atoms with Gasteiger partial charge in [0.15, 0.2) is 0 Å². The molecule has 0 unspecified atom stereocenters. The zero-order chi connectivity index (χ0) is 14.0. The Hall–Kier alpha value is -1.53. The fourth-order valence-electron chi connectivity index (χ4n) is 1.62. The quantitative estimate of drug-likeness (QED) is 0.944. The number of aromatic nitrogens is 2. The van der Waals surface area contributed by atoms with Crippen LogP contribution in [0.3, 0.4) is 0 Å². The van der Waals surface area contributed by atoms with Crippen LogP contribution in [0, 0.1) is 0 Å². The Morgan fingerprint density at radius 1 is 1.32 bits per heavy atom. The van der Waals surface area contributed by atoms with Gasteiger partial charge >= 0.3 is 6.18 Å². The molecule has 2 N–H and O–H groups in total. The topological polar surface area (TPSA) is 43.8 Å². The minimum atomic E-state index is -4.38. The molecule has 1 heterocycles. The maximum atomic E-state index is 12.4. The van der Waals surface area contributed by atoms with Crippen LogP contribution in [-0.4, -0.2) is 9.78 Å². The number of rotatable bonds is 3. The highest BCUT2D eigenvalue weighted by Crippen LogP contribution is 2.28. The summed E-state index contributed by atoms with van der Waals surface area (Å²) in [5.74, 6) is 0. The third kappa shape index (κ3) is 3.27. The van der Waals surface area contributed by atoms with Gasteiger partial charge in [-0.1, -0.05) is 23.7 Å². The van der Waals surface area contributed by atoms with Gasteiger partial charge in [0.1, 0.15) is 0 Å². The minimum absolute atomic E-state index is 0.180. The van der Waals surface area contributed by atoms with Crippen LogP contribution in [0.5, 0.6) is 0 Å². The smallest absolute Gasteiger partial charge is 0.326 e. The van der Waals surface area contributed by atoms with E-state index in [2.05, 4.69) is 5.10 Å². The third-order valence-electron chi connectivity index (χ3n) is 2.65. The Balaban J connectivity index is 2.20. The molecule has 0 bridgehead atoms. The van der Waals surface area contributed by atoms with Gasteiger partial charge in [0, 0.05) is 17.8 Å². The number of hydrogen-bond donors (Lipinski definition) is 1. The predicted molar refractivity (Wildman–Crippen MR) is 65.7 cm³/mol. The molecule has 0 radical (unpaired) electrons. The average Bonchev–Trinajstić information content (AvgIpc) is 2.80.